The standard InChI is InChI=1S/C10H11N3O2S2/c1-6-12-4-8(17-6)3-11-2-7-5-16-9(13-7)10(14)15/h4-5,11H,2-3H2,1H3,(H,14,15). The molecule has 0 amide bonds. The third kappa shape index (κ3) is 3.32. The zero-order valence-electron chi connectivity index (χ0n) is 9.14. The lowest BCUT2D eigenvalue weighted by molar-refractivity contribution is 0.0696. The SMILES string of the molecule is Cc1ncc(CNCc2csc(C(=O)O)n2)s1. The van der Waals surface area contributed by atoms with Gasteiger partial charge in [-0.3, -0.25) is 0 Å². The van der Waals surface area contributed by atoms with Gasteiger partial charge < -0.3 is 10.4 Å². The largest absolute Gasteiger partial charge is 0.476 e. The fraction of sp³-hybridized carbons (Fsp3) is 0.300. The van der Waals surface area contributed by atoms with Gasteiger partial charge in [-0.05, 0) is 6.92 Å². The summed E-state index contributed by atoms with van der Waals surface area (Å²) in [5, 5.41) is 14.9. The van der Waals surface area contributed by atoms with Crippen LogP contribution in [-0.4, -0.2) is 21.0 Å². The van der Waals surface area contributed by atoms with Crippen LogP contribution in [0.15, 0.2) is 11.6 Å². The van der Waals surface area contributed by atoms with Crippen LogP contribution in [0.3, 0.4) is 0 Å². The Morgan fingerprint density at radius 3 is 2.94 bits per heavy atom. The molecule has 0 unspecified atom stereocenters. The molecule has 0 aliphatic heterocycles. The lowest BCUT2D eigenvalue weighted by Crippen LogP contribution is -2.12. The average molecular weight is 269 g/mol. The van der Waals surface area contributed by atoms with E-state index in [0.717, 1.165) is 33.5 Å². The van der Waals surface area contributed by atoms with Crippen LogP contribution in [-0.2, 0) is 13.1 Å². The van der Waals surface area contributed by atoms with E-state index >= 15 is 0 Å². The van der Waals surface area contributed by atoms with Crippen molar-refractivity contribution in [2.45, 2.75) is 20.0 Å². The summed E-state index contributed by atoms with van der Waals surface area (Å²) in [6, 6.07) is 0. The Morgan fingerprint density at radius 1 is 1.53 bits per heavy atom. The highest BCUT2D eigenvalue weighted by molar-refractivity contribution is 7.11. The first-order chi connectivity index (χ1) is 8.15. The van der Waals surface area contributed by atoms with Crippen LogP contribution in [0.1, 0.15) is 25.4 Å². The summed E-state index contributed by atoms with van der Waals surface area (Å²) >= 11 is 2.80. The Hall–Kier alpha value is -1.31. The number of nitrogens with zero attached hydrogens (tertiary/aromatic N) is 2. The Morgan fingerprint density at radius 2 is 2.35 bits per heavy atom. The molecule has 0 saturated carbocycles. The van der Waals surface area contributed by atoms with Crippen LogP contribution >= 0.6 is 22.7 Å². The molecular weight excluding hydrogens is 258 g/mol. The van der Waals surface area contributed by atoms with E-state index in [2.05, 4.69) is 15.3 Å². The van der Waals surface area contributed by atoms with E-state index in [-0.39, 0.29) is 5.01 Å². The van der Waals surface area contributed by atoms with Crippen LogP contribution in [0.2, 0.25) is 0 Å². The normalized spacial score (nSPS) is 10.6. The van der Waals surface area contributed by atoms with Gasteiger partial charge in [0.1, 0.15) is 0 Å². The van der Waals surface area contributed by atoms with E-state index in [1.54, 1.807) is 16.7 Å². The second kappa shape index (κ2) is 5.35. The molecule has 0 atom stereocenters. The number of aryl methyl sites for hydroxylation is 1. The van der Waals surface area contributed by atoms with E-state index in [1.165, 1.54) is 0 Å². The smallest absolute Gasteiger partial charge is 0.365 e. The molecule has 0 fully saturated rings. The van der Waals surface area contributed by atoms with E-state index in [1.807, 2.05) is 13.1 Å². The number of carboxylic acid groups (broad SMARTS) is 1. The highest BCUT2D eigenvalue weighted by atomic mass is 32.1. The van der Waals surface area contributed by atoms with Gasteiger partial charge in [0.25, 0.3) is 0 Å². The average Bonchev–Trinajstić information content (AvgIpc) is 2.88. The predicted molar refractivity (Wildman–Crippen MR) is 66.5 cm³/mol. The summed E-state index contributed by atoms with van der Waals surface area (Å²) in [7, 11) is 0. The first kappa shape index (κ1) is 12.2. The van der Waals surface area contributed by atoms with Crippen molar-refractivity contribution >= 4 is 28.6 Å². The van der Waals surface area contributed by atoms with Crippen molar-refractivity contribution in [1.82, 2.24) is 15.3 Å². The second-order valence-electron chi connectivity index (χ2n) is 3.40. The van der Waals surface area contributed by atoms with Gasteiger partial charge >= 0.3 is 5.97 Å². The minimum Gasteiger partial charge on any atom is -0.476 e. The first-order valence-corrected chi connectivity index (χ1v) is 6.64. The predicted octanol–water partition coefficient (Wildman–Crippen LogP) is 1.90. The van der Waals surface area contributed by atoms with Crippen molar-refractivity contribution in [3.05, 3.63) is 32.2 Å². The minimum absolute atomic E-state index is 0.135. The second-order valence-corrected chi connectivity index (χ2v) is 5.58. The molecule has 2 N–H and O–H groups in total. The molecular formula is C10H11N3O2S2. The fourth-order valence-electron chi connectivity index (χ4n) is 1.29. The lowest BCUT2D eigenvalue weighted by atomic mass is 10.4. The van der Waals surface area contributed by atoms with Crippen LogP contribution in [0, 0.1) is 6.92 Å². The Bertz CT molecular complexity index is 521. The number of hydrogen-bond acceptors (Lipinski definition) is 6. The number of aromatic nitrogens is 2. The zero-order chi connectivity index (χ0) is 12.3. The number of rotatable bonds is 5. The van der Waals surface area contributed by atoms with Gasteiger partial charge in [0.05, 0.1) is 10.7 Å². The molecule has 0 aliphatic carbocycles. The molecule has 17 heavy (non-hydrogen) atoms. The fourth-order valence-corrected chi connectivity index (χ4v) is 2.71. The molecule has 5 nitrogen and oxygen atoms in total. The monoisotopic (exact) mass is 269 g/mol. The van der Waals surface area contributed by atoms with Crippen molar-refractivity contribution in [2.24, 2.45) is 0 Å². The summed E-state index contributed by atoms with van der Waals surface area (Å²) < 4.78 is 0. The molecule has 2 heterocycles. The van der Waals surface area contributed by atoms with Gasteiger partial charge in [0.15, 0.2) is 0 Å². The van der Waals surface area contributed by atoms with Crippen LogP contribution < -0.4 is 5.32 Å². The molecule has 2 rings (SSSR count). The number of carboxylic acids is 1. The summed E-state index contributed by atoms with van der Waals surface area (Å²) in [6.07, 6.45) is 1.84. The van der Waals surface area contributed by atoms with Gasteiger partial charge in [0, 0.05) is 29.5 Å². The van der Waals surface area contributed by atoms with Crippen molar-refractivity contribution in [3.8, 4) is 0 Å². The molecule has 90 valence electrons. The van der Waals surface area contributed by atoms with Gasteiger partial charge in [0.2, 0.25) is 5.01 Å². The number of aromatic carboxylic acids is 1. The molecule has 2 aromatic heterocycles. The minimum atomic E-state index is -0.973. The molecule has 0 radical (unpaired) electrons. The molecule has 0 saturated heterocycles. The summed E-state index contributed by atoms with van der Waals surface area (Å²) in [5.41, 5.74) is 0.758. The lowest BCUT2D eigenvalue weighted by Gasteiger charge is -1.98. The topological polar surface area (TPSA) is 75.1 Å². The number of hydrogen-bond donors (Lipinski definition) is 2. The van der Waals surface area contributed by atoms with E-state index in [4.69, 9.17) is 5.11 Å². The van der Waals surface area contributed by atoms with E-state index < -0.39 is 5.97 Å². The summed E-state index contributed by atoms with van der Waals surface area (Å²) in [6.45, 7) is 3.26. The highest BCUT2D eigenvalue weighted by Crippen LogP contribution is 2.12. The van der Waals surface area contributed by atoms with Crippen molar-refractivity contribution in [1.29, 1.82) is 0 Å². The van der Waals surface area contributed by atoms with Crippen LogP contribution in [0.25, 0.3) is 0 Å². The van der Waals surface area contributed by atoms with E-state index in [0.29, 0.717) is 6.54 Å². The molecule has 0 aromatic carbocycles. The van der Waals surface area contributed by atoms with E-state index in [9.17, 15) is 4.79 Å². The van der Waals surface area contributed by atoms with Gasteiger partial charge in [-0.15, -0.1) is 22.7 Å². The summed E-state index contributed by atoms with van der Waals surface area (Å²) in [5.74, 6) is -0.973. The number of thiazole rings is 2. The first-order valence-electron chi connectivity index (χ1n) is 4.95. The van der Waals surface area contributed by atoms with Crippen LogP contribution in [0.5, 0.6) is 0 Å². The van der Waals surface area contributed by atoms with Crippen molar-refractivity contribution in [3.63, 3.8) is 0 Å². The molecule has 7 heteroatoms. The highest BCUT2D eigenvalue weighted by Gasteiger charge is 2.08. The Labute approximate surface area is 106 Å². The number of nitrogens with one attached hydrogen (secondary N) is 1. The van der Waals surface area contributed by atoms with Crippen molar-refractivity contribution < 1.29 is 9.90 Å². The maximum absolute atomic E-state index is 10.6. The molecule has 0 spiro atoms. The maximum Gasteiger partial charge on any atom is 0.365 e. The quantitative estimate of drug-likeness (QED) is 0.867. The molecule has 2 aromatic rings. The summed E-state index contributed by atoms with van der Waals surface area (Å²) in [4.78, 5) is 19.9. The third-order valence-electron chi connectivity index (χ3n) is 2.01. The Kier molecular flexibility index (Phi) is 3.82. The third-order valence-corrected chi connectivity index (χ3v) is 3.80. The molecule has 0 aliphatic rings. The van der Waals surface area contributed by atoms with Gasteiger partial charge in [-0.2, -0.15) is 0 Å². The number of carbonyl (C=O) groups is 1. The Balaban J connectivity index is 1.83. The van der Waals surface area contributed by atoms with Gasteiger partial charge in [-0.25, -0.2) is 14.8 Å². The van der Waals surface area contributed by atoms with Gasteiger partial charge in [-0.1, -0.05) is 0 Å². The van der Waals surface area contributed by atoms with Crippen LogP contribution in [0.4, 0.5) is 0 Å². The zero-order valence-corrected chi connectivity index (χ0v) is 10.8. The molecule has 0 bridgehead atoms. The maximum atomic E-state index is 10.6. The van der Waals surface area contributed by atoms with Crippen molar-refractivity contribution in [2.75, 3.05) is 0 Å².